The number of nitrogens with zero attached hydrogens (tertiary/aromatic N) is 2. The lowest BCUT2D eigenvalue weighted by atomic mass is 10.1. The molecule has 1 aliphatic rings. The van der Waals surface area contributed by atoms with Crippen LogP contribution in [0.2, 0.25) is 0 Å². The van der Waals surface area contributed by atoms with Crippen molar-refractivity contribution in [2.75, 3.05) is 26.7 Å². The van der Waals surface area contributed by atoms with Gasteiger partial charge >= 0.3 is 11.8 Å². The summed E-state index contributed by atoms with van der Waals surface area (Å²) in [4.78, 5) is 26.1. The van der Waals surface area contributed by atoms with Crippen molar-refractivity contribution in [3.63, 3.8) is 0 Å². The van der Waals surface area contributed by atoms with Gasteiger partial charge in [-0.15, -0.1) is 0 Å². The highest BCUT2D eigenvalue weighted by Gasteiger charge is 2.29. The van der Waals surface area contributed by atoms with Gasteiger partial charge in [0, 0.05) is 32.7 Å². The highest BCUT2D eigenvalue weighted by Crippen LogP contribution is 2.06. The van der Waals surface area contributed by atoms with Gasteiger partial charge in [-0.3, -0.25) is 9.59 Å². The zero-order valence-corrected chi connectivity index (χ0v) is 10.1. The number of carbonyl (C=O) groups is 2. The molecule has 2 amide bonds. The minimum atomic E-state index is -0.397. The number of hydrogen-bond acceptors (Lipinski definition) is 3. The van der Waals surface area contributed by atoms with Crippen LogP contribution in [0.25, 0.3) is 0 Å². The average Bonchev–Trinajstić information content (AvgIpc) is 2.29. The number of hydrogen-bond donors (Lipinski definition) is 1. The van der Waals surface area contributed by atoms with Gasteiger partial charge in [0.15, 0.2) is 0 Å². The predicted molar refractivity (Wildman–Crippen MR) is 61.7 cm³/mol. The van der Waals surface area contributed by atoms with E-state index in [0.717, 1.165) is 19.3 Å². The third-order valence-electron chi connectivity index (χ3n) is 3.05. The summed E-state index contributed by atoms with van der Waals surface area (Å²) in [5.41, 5.74) is 5.79. The van der Waals surface area contributed by atoms with Crippen LogP contribution in [0.5, 0.6) is 0 Å². The standard InChI is InChI=1S/C11H21N3O2/c1-3-9(12)5-4-6-14-8-7-13(2)10(15)11(14)16/h9H,3-8,12H2,1-2H3. The summed E-state index contributed by atoms with van der Waals surface area (Å²) >= 11 is 0. The number of piperazine rings is 1. The lowest BCUT2D eigenvalue weighted by Crippen LogP contribution is -2.53. The van der Waals surface area contributed by atoms with E-state index >= 15 is 0 Å². The summed E-state index contributed by atoms with van der Waals surface area (Å²) in [5.74, 6) is -0.773. The van der Waals surface area contributed by atoms with Crippen LogP contribution in [0, 0.1) is 0 Å². The molecular formula is C11H21N3O2. The molecule has 1 unspecified atom stereocenters. The lowest BCUT2D eigenvalue weighted by Gasteiger charge is -2.31. The molecule has 0 aliphatic carbocycles. The molecule has 0 saturated carbocycles. The maximum Gasteiger partial charge on any atom is 0.312 e. The fraction of sp³-hybridized carbons (Fsp3) is 0.818. The SMILES string of the molecule is CCC(N)CCCN1CCN(C)C(=O)C1=O. The number of amides is 2. The molecule has 2 N–H and O–H groups in total. The van der Waals surface area contributed by atoms with Gasteiger partial charge in [-0.1, -0.05) is 6.92 Å². The van der Waals surface area contributed by atoms with Crippen LogP contribution in [-0.4, -0.2) is 54.3 Å². The van der Waals surface area contributed by atoms with Gasteiger partial charge in [0.2, 0.25) is 0 Å². The molecule has 1 aliphatic heterocycles. The zero-order chi connectivity index (χ0) is 12.1. The van der Waals surface area contributed by atoms with Crippen LogP contribution in [0.15, 0.2) is 0 Å². The Hall–Kier alpha value is -1.10. The normalized spacial score (nSPS) is 19.2. The Bertz CT molecular complexity index is 268. The van der Waals surface area contributed by atoms with E-state index in [2.05, 4.69) is 6.92 Å². The first-order valence-corrected chi connectivity index (χ1v) is 5.86. The molecule has 1 saturated heterocycles. The minimum Gasteiger partial charge on any atom is -0.336 e. The smallest absolute Gasteiger partial charge is 0.312 e. The first-order chi connectivity index (χ1) is 7.56. The molecule has 0 bridgehead atoms. The molecule has 1 fully saturated rings. The van der Waals surface area contributed by atoms with E-state index < -0.39 is 5.91 Å². The zero-order valence-electron chi connectivity index (χ0n) is 10.1. The Labute approximate surface area is 96.6 Å². The van der Waals surface area contributed by atoms with Crippen molar-refractivity contribution in [2.45, 2.75) is 32.2 Å². The Morgan fingerprint density at radius 3 is 2.62 bits per heavy atom. The van der Waals surface area contributed by atoms with E-state index in [1.165, 1.54) is 4.90 Å². The van der Waals surface area contributed by atoms with Crippen LogP contribution in [0.3, 0.4) is 0 Å². The van der Waals surface area contributed by atoms with Crippen molar-refractivity contribution in [2.24, 2.45) is 5.73 Å². The maximum atomic E-state index is 11.6. The highest BCUT2D eigenvalue weighted by molar-refractivity contribution is 6.35. The fourth-order valence-corrected chi connectivity index (χ4v) is 1.73. The Morgan fingerprint density at radius 2 is 2.00 bits per heavy atom. The third-order valence-corrected chi connectivity index (χ3v) is 3.05. The van der Waals surface area contributed by atoms with Crippen molar-refractivity contribution in [1.29, 1.82) is 0 Å². The molecule has 92 valence electrons. The molecule has 5 heteroatoms. The molecule has 5 nitrogen and oxygen atoms in total. The molecule has 1 atom stereocenters. The van der Waals surface area contributed by atoms with Crippen LogP contribution in [0.4, 0.5) is 0 Å². The minimum absolute atomic E-state index is 0.207. The predicted octanol–water partition coefficient (Wildman–Crippen LogP) is -0.195. The monoisotopic (exact) mass is 227 g/mol. The number of carbonyl (C=O) groups excluding carboxylic acids is 2. The van der Waals surface area contributed by atoms with Crippen LogP contribution < -0.4 is 5.73 Å². The Kier molecular flexibility index (Phi) is 4.73. The maximum absolute atomic E-state index is 11.6. The Balaban J connectivity index is 2.32. The van der Waals surface area contributed by atoms with E-state index in [9.17, 15) is 9.59 Å². The first-order valence-electron chi connectivity index (χ1n) is 5.86. The van der Waals surface area contributed by atoms with Crippen LogP contribution in [0.1, 0.15) is 26.2 Å². The molecule has 16 heavy (non-hydrogen) atoms. The van der Waals surface area contributed by atoms with E-state index in [-0.39, 0.29) is 11.9 Å². The molecule has 0 spiro atoms. The van der Waals surface area contributed by atoms with Crippen LogP contribution >= 0.6 is 0 Å². The number of likely N-dealkylation sites (N-methyl/N-ethyl adjacent to an activating group) is 1. The topological polar surface area (TPSA) is 66.6 Å². The first kappa shape index (κ1) is 13.0. The van der Waals surface area contributed by atoms with Crippen molar-refractivity contribution >= 4 is 11.8 Å². The lowest BCUT2D eigenvalue weighted by molar-refractivity contribution is -0.154. The molecule has 0 radical (unpaired) electrons. The summed E-state index contributed by atoms with van der Waals surface area (Å²) in [6.45, 7) is 3.97. The van der Waals surface area contributed by atoms with Crippen molar-refractivity contribution in [3.8, 4) is 0 Å². The van der Waals surface area contributed by atoms with Crippen LogP contribution in [-0.2, 0) is 9.59 Å². The van der Waals surface area contributed by atoms with Gasteiger partial charge < -0.3 is 15.5 Å². The molecule has 0 aromatic carbocycles. The largest absolute Gasteiger partial charge is 0.336 e. The van der Waals surface area contributed by atoms with Gasteiger partial charge in [0.25, 0.3) is 0 Å². The van der Waals surface area contributed by atoms with E-state index in [0.29, 0.717) is 19.6 Å². The van der Waals surface area contributed by atoms with Gasteiger partial charge in [-0.2, -0.15) is 0 Å². The average molecular weight is 227 g/mol. The quantitative estimate of drug-likeness (QED) is 0.662. The number of nitrogens with two attached hydrogens (primary N) is 1. The van der Waals surface area contributed by atoms with Crippen molar-refractivity contribution in [1.82, 2.24) is 9.80 Å². The molecule has 0 aromatic rings. The second kappa shape index (κ2) is 5.84. The van der Waals surface area contributed by atoms with Gasteiger partial charge in [-0.25, -0.2) is 0 Å². The second-order valence-electron chi connectivity index (χ2n) is 4.33. The summed E-state index contributed by atoms with van der Waals surface area (Å²) in [6, 6.07) is 0.207. The number of rotatable bonds is 5. The van der Waals surface area contributed by atoms with E-state index in [1.807, 2.05) is 0 Å². The fourth-order valence-electron chi connectivity index (χ4n) is 1.73. The summed E-state index contributed by atoms with van der Waals surface area (Å²) in [6.07, 6.45) is 2.73. The van der Waals surface area contributed by atoms with E-state index in [1.54, 1.807) is 11.9 Å². The van der Waals surface area contributed by atoms with E-state index in [4.69, 9.17) is 5.73 Å². The summed E-state index contributed by atoms with van der Waals surface area (Å²) in [7, 11) is 1.66. The van der Waals surface area contributed by atoms with Gasteiger partial charge in [-0.05, 0) is 19.3 Å². The van der Waals surface area contributed by atoms with Gasteiger partial charge in [0.05, 0.1) is 0 Å². The van der Waals surface area contributed by atoms with Crippen molar-refractivity contribution in [3.05, 3.63) is 0 Å². The molecular weight excluding hydrogens is 206 g/mol. The second-order valence-corrected chi connectivity index (χ2v) is 4.33. The third kappa shape index (κ3) is 3.20. The summed E-state index contributed by atoms with van der Waals surface area (Å²) in [5, 5.41) is 0. The Morgan fingerprint density at radius 1 is 1.31 bits per heavy atom. The molecule has 1 heterocycles. The molecule has 1 rings (SSSR count). The van der Waals surface area contributed by atoms with Gasteiger partial charge in [0.1, 0.15) is 0 Å². The molecule has 0 aromatic heterocycles. The van der Waals surface area contributed by atoms with Crippen molar-refractivity contribution < 1.29 is 9.59 Å². The summed E-state index contributed by atoms with van der Waals surface area (Å²) < 4.78 is 0. The highest BCUT2D eigenvalue weighted by atomic mass is 16.2.